The third-order valence-corrected chi connectivity index (χ3v) is 6.38. The van der Waals surface area contributed by atoms with Gasteiger partial charge in [0, 0.05) is 24.3 Å². The van der Waals surface area contributed by atoms with Gasteiger partial charge in [0.1, 0.15) is 5.75 Å². The Labute approximate surface area is 157 Å². The van der Waals surface area contributed by atoms with Crippen molar-refractivity contribution < 1.29 is 14.3 Å². The van der Waals surface area contributed by atoms with Crippen molar-refractivity contribution in [2.45, 2.75) is 31.8 Å². The minimum absolute atomic E-state index is 0.0113. The quantitative estimate of drug-likeness (QED) is 0.872. The summed E-state index contributed by atoms with van der Waals surface area (Å²) in [5.74, 6) is 1.71. The molecule has 2 bridgehead atoms. The van der Waals surface area contributed by atoms with Crippen LogP contribution in [-0.2, 0) is 0 Å². The number of nitrogens with one attached hydrogen (secondary N) is 1. The zero-order valence-electron chi connectivity index (χ0n) is 15.0. The van der Waals surface area contributed by atoms with Crippen molar-refractivity contribution >= 4 is 17.2 Å². The third-order valence-electron chi connectivity index (χ3n) is 5.41. The Morgan fingerprint density at radius 2 is 2.12 bits per heavy atom. The van der Waals surface area contributed by atoms with E-state index in [0.717, 1.165) is 13.1 Å². The van der Waals surface area contributed by atoms with E-state index >= 15 is 0 Å². The van der Waals surface area contributed by atoms with Crippen LogP contribution in [-0.4, -0.2) is 48.1 Å². The molecule has 2 aromatic heterocycles. The average Bonchev–Trinajstić information content (AvgIpc) is 3.13. The van der Waals surface area contributed by atoms with Gasteiger partial charge in [-0.2, -0.15) is 0 Å². The Morgan fingerprint density at radius 3 is 2.85 bits per heavy atom. The van der Waals surface area contributed by atoms with E-state index in [1.54, 1.807) is 25.4 Å². The highest BCUT2D eigenvalue weighted by atomic mass is 32.1. The van der Waals surface area contributed by atoms with Crippen LogP contribution in [0.1, 0.15) is 29.4 Å². The van der Waals surface area contributed by atoms with Gasteiger partial charge in [-0.15, -0.1) is 0 Å². The molecular formula is C19H23N3O3S. The van der Waals surface area contributed by atoms with Gasteiger partial charge in [-0.05, 0) is 57.0 Å². The fourth-order valence-electron chi connectivity index (χ4n) is 3.95. The zero-order chi connectivity index (χ0) is 18.1. The van der Waals surface area contributed by atoms with Crippen molar-refractivity contribution in [1.29, 1.82) is 0 Å². The van der Waals surface area contributed by atoms with Crippen molar-refractivity contribution in [3.05, 3.63) is 35.3 Å². The van der Waals surface area contributed by atoms with Gasteiger partial charge in [-0.25, -0.2) is 4.98 Å². The second kappa shape index (κ2) is 7.25. The first-order valence-electron chi connectivity index (χ1n) is 8.96. The highest BCUT2D eigenvalue weighted by molar-refractivity contribution is 7.15. The number of ether oxygens (including phenoxy) is 2. The van der Waals surface area contributed by atoms with Crippen LogP contribution in [0.5, 0.6) is 16.7 Å². The fourth-order valence-corrected chi connectivity index (χ4v) is 4.73. The van der Waals surface area contributed by atoms with Crippen molar-refractivity contribution in [1.82, 2.24) is 15.2 Å². The summed E-state index contributed by atoms with van der Waals surface area (Å²) in [5, 5.41) is 3.93. The van der Waals surface area contributed by atoms with Crippen LogP contribution >= 0.6 is 11.3 Å². The van der Waals surface area contributed by atoms with Crippen molar-refractivity contribution in [2.75, 3.05) is 20.2 Å². The number of thiophene rings is 1. The molecule has 7 heteroatoms. The minimum Gasteiger partial charge on any atom is -0.481 e. The number of methoxy groups -OCH3 is 1. The molecule has 6 nitrogen and oxygen atoms in total. The zero-order valence-corrected chi connectivity index (χ0v) is 15.8. The SMILES string of the molecule is COc1cc(Oc2ccc(C(=O)N[C@@H]3C4CCN(CC4)[C@H]3C)s2)ccn1. The number of pyridine rings is 1. The molecule has 3 aliphatic rings. The van der Waals surface area contributed by atoms with E-state index in [2.05, 4.69) is 22.1 Å². The van der Waals surface area contributed by atoms with Gasteiger partial charge in [-0.1, -0.05) is 11.3 Å². The van der Waals surface area contributed by atoms with Gasteiger partial charge in [0.2, 0.25) is 5.88 Å². The predicted octanol–water partition coefficient (Wildman–Crippen LogP) is 3.16. The molecule has 1 N–H and O–H groups in total. The molecule has 0 radical (unpaired) electrons. The molecule has 26 heavy (non-hydrogen) atoms. The first-order chi connectivity index (χ1) is 12.6. The highest BCUT2D eigenvalue weighted by Gasteiger charge is 2.40. The van der Waals surface area contributed by atoms with E-state index in [1.807, 2.05) is 12.1 Å². The van der Waals surface area contributed by atoms with Crippen molar-refractivity contribution in [3.63, 3.8) is 0 Å². The Hall–Kier alpha value is -2.12. The summed E-state index contributed by atoms with van der Waals surface area (Å²) in [5.41, 5.74) is 0. The molecule has 5 heterocycles. The molecule has 0 saturated carbocycles. The van der Waals surface area contributed by atoms with E-state index < -0.39 is 0 Å². The molecule has 3 aliphatic heterocycles. The highest BCUT2D eigenvalue weighted by Crippen LogP contribution is 2.34. The molecule has 0 spiro atoms. The summed E-state index contributed by atoms with van der Waals surface area (Å²) in [4.78, 5) is 19.9. The van der Waals surface area contributed by atoms with Gasteiger partial charge >= 0.3 is 0 Å². The second-order valence-electron chi connectivity index (χ2n) is 6.87. The van der Waals surface area contributed by atoms with Crippen LogP contribution in [0.4, 0.5) is 0 Å². The summed E-state index contributed by atoms with van der Waals surface area (Å²) in [6.45, 7) is 4.53. The number of nitrogens with zero attached hydrogens (tertiary/aromatic N) is 2. The summed E-state index contributed by atoms with van der Waals surface area (Å²) >= 11 is 1.35. The molecule has 138 valence electrons. The first-order valence-corrected chi connectivity index (χ1v) is 9.78. The van der Waals surface area contributed by atoms with Crippen LogP contribution in [0.2, 0.25) is 0 Å². The normalized spacial score (nSPS) is 27.2. The molecule has 5 rings (SSSR count). The molecule has 2 atom stereocenters. The summed E-state index contributed by atoms with van der Waals surface area (Å²) < 4.78 is 10.9. The van der Waals surface area contributed by atoms with Crippen LogP contribution in [0.15, 0.2) is 30.5 Å². The summed E-state index contributed by atoms with van der Waals surface area (Å²) in [7, 11) is 1.56. The van der Waals surface area contributed by atoms with E-state index in [1.165, 1.54) is 24.2 Å². The largest absolute Gasteiger partial charge is 0.481 e. The molecule has 1 amide bonds. The topological polar surface area (TPSA) is 63.7 Å². The van der Waals surface area contributed by atoms with Crippen LogP contribution in [0, 0.1) is 5.92 Å². The Bertz CT molecular complexity index is 784. The lowest BCUT2D eigenvalue weighted by Gasteiger charge is -2.49. The third kappa shape index (κ3) is 3.41. The van der Waals surface area contributed by atoms with Gasteiger partial charge < -0.3 is 14.8 Å². The second-order valence-corrected chi connectivity index (χ2v) is 7.91. The molecule has 0 unspecified atom stereocenters. The maximum atomic E-state index is 12.7. The monoisotopic (exact) mass is 373 g/mol. The first kappa shape index (κ1) is 17.3. The van der Waals surface area contributed by atoms with Crippen molar-refractivity contribution in [3.8, 4) is 16.7 Å². The van der Waals surface area contributed by atoms with E-state index in [9.17, 15) is 4.79 Å². The average molecular weight is 373 g/mol. The lowest BCUT2D eigenvalue weighted by atomic mass is 9.79. The van der Waals surface area contributed by atoms with Crippen LogP contribution < -0.4 is 14.8 Å². The number of hydrogen-bond donors (Lipinski definition) is 1. The van der Waals surface area contributed by atoms with Gasteiger partial charge in [0.05, 0.1) is 12.0 Å². The number of piperidine rings is 3. The van der Waals surface area contributed by atoms with Gasteiger partial charge in [-0.3, -0.25) is 9.69 Å². The molecular weight excluding hydrogens is 350 g/mol. The summed E-state index contributed by atoms with van der Waals surface area (Å²) in [6.07, 6.45) is 3.99. The van der Waals surface area contributed by atoms with E-state index in [4.69, 9.17) is 9.47 Å². The van der Waals surface area contributed by atoms with E-state index in [0.29, 0.717) is 33.5 Å². The maximum absolute atomic E-state index is 12.7. The molecule has 3 saturated heterocycles. The molecule has 0 aliphatic carbocycles. The van der Waals surface area contributed by atoms with Crippen LogP contribution in [0.25, 0.3) is 0 Å². The Morgan fingerprint density at radius 1 is 1.31 bits per heavy atom. The minimum atomic E-state index is -0.0113. The lowest BCUT2D eigenvalue weighted by Crippen LogP contribution is -2.62. The number of rotatable bonds is 5. The number of carbonyl (C=O) groups excluding carboxylic acids is 1. The van der Waals surface area contributed by atoms with Gasteiger partial charge in [0.15, 0.2) is 5.06 Å². The number of fused-ring (bicyclic) bond motifs is 3. The van der Waals surface area contributed by atoms with E-state index in [-0.39, 0.29) is 11.9 Å². The molecule has 3 fully saturated rings. The maximum Gasteiger partial charge on any atom is 0.261 e. The predicted molar refractivity (Wildman–Crippen MR) is 100 cm³/mol. The molecule has 0 aromatic carbocycles. The number of hydrogen-bond acceptors (Lipinski definition) is 6. The summed E-state index contributed by atoms with van der Waals surface area (Å²) in [6, 6.07) is 7.77. The smallest absolute Gasteiger partial charge is 0.261 e. The fraction of sp³-hybridized carbons (Fsp3) is 0.474. The Balaban J connectivity index is 1.41. The molecule has 2 aromatic rings. The van der Waals surface area contributed by atoms with Gasteiger partial charge in [0.25, 0.3) is 5.91 Å². The Kier molecular flexibility index (Phi) is 4.82. The lowest BCUT2D eigenvalue weighted by molar-refractivity contribution is 0.0218. The van der Waals surface area contributed by atoms with Crippen molar-refractivity contribution in [2.24, 2.45) is 5.92 Å². The van der Waals surface area contributed by atoms with Crippen LogP contribution in [0.3, 0.4) is 0 Å². The number of amides is 1. The number of carbonyl (C=O) groups is 1. The standard InChI is InChI=1S/C19H23N3O3S/c1-12-18(13-6-9-22(12)10-7-13)21-19(23)15-3-4-17(26-15)25-14-5-8-20-16(11-14)24-2/h3-5,8,11-13,18H,6-7,9-10H2,1-2H3,(H,21,23)/t12-,18-/m0/s1. The number of aromatic nitrogens is 1.